The van der Waals surface area contributed by atoms with Gasteiger partial charge in [-0.1, -0.05) is 26.0 Å². The van der Waals surface area contributed by atoms with E-state index in [1.165, 1.54) is 10.9 Å². The Labute approximate surface area is 176 Å². The van der Waals surface area contributed by atoms with E-state index in [9.17, 15) is 4.39 Å². The largest absolute Gasteiger partial charge is 0.357 e. The molecule has 26 heavy (non-hydrogen) atoms. The molecule has 0 unspecified atom stereocenters. The molecule has 4 nitrogen and oxygen atoms in total. The van der Waals surface area contributed by atoms with E-state index in [1.807, 2.05) is 19.9 Å². The van der Waals surface area contributed by atoms with E-state index in [0.29, 0.717) is 13.1 Å². The van der Waals surface area contributed by atoms with Crippen molar-refractivity contribution in [2.24, 2.45) is 4.99 Å². The molecule has 7 heteroatoms. The number of aryl methyl sites for hydroxylation is 2. The fraction of sp³-hybridized carbons (Fsp3) is 0.474. The van der Waals surface area contributed by atoms with Gasteiger partial charge in [-0.05, 0) is 38.5 Å². The van der Waals surface area contributed by atoms with Crippen LogP contribution in [0.1, 0.15) is 41.9 Å². The van der Waals surface area contributed by atoms with Gasteiger partial charge in [-0.25, -0.2) is 14.4 Å². The summed E-state index contributed by atoms with van der Waals surface area (Å²) in [5.74, 6) is 0.540. The highest BCUT2D eigenvalue weighted by molar-refractivity contribution is 14.0. The lowest BCUT2D eigenvalue weighted by atomic mass is 9.84. The molecule has 0 radical (unpaired) electrons. The van der Waals surface area contributed by atoms with Crippen molar-refractivity contribution < 1.29 is 4.39 Å². The van der Waals surface area contributed by atoms with Crippen LogP contribution in [0.2, 0.25) is 0 Å². The first-order chi connectivity index (χ1) is 11.8. The summed E-state index contributed by atoms with van der Waals surface area (Å²) >= 11 is 1.68. The van der Waals surface area contributed by atoms with E-state index < -0.39 is 0 Å². The number of hydrogen-bond acceptors (Lipinski definition) is 3. The molecule has 1 heterocycles. The van der Waals surface area contributed by atoms with Crippen LogP contribution >= 0.6 is 35.3 Å². The SMILES string of the molecule is CCNC(=NCc1nc(C)c(C)s1)NCC(C)(C)c1cccc(F)c1.I. The van der Waals surface area contributed by atoms with Crippen molar-refractivity contribution in [3.05, 3.63) is 51.2 Å². The lowest BCUT2D eigenvalue weighted by Crippen LogP contribution is -2.43. The Morgan fingerprint density at radius 2 is 2.00 bits per heavy atom. The molecule has 0 amide bonds. The minimum Gasteiger partial charge on any atom is -0.357 e. The second-order valence-corrected chi connectivity index (χ2v) is 7.98. The summed E-state index contributed by atoms with van der Waals surface area (Å²) in [6.45, 7) is 12.3. The third-order valence-corrected chi connectivity index (χ3v) is 5.15. The number of hydrogen-bond donors (Lipinski definition) is 2. The summed E-state index contributed by atoms with van der Waals surface area (Å²) in [6, 6.07) is 6.76. The summed E-state index contributed by atoms with van der Waals surface area (Å²) < 4.78 is 13.5. The summed E-state index contributed by atoms with van der Waals surface area (Å²) in [5, 5.41) is 7.63. The number of thiazole rings is 1. The van der Waals surface area contributed by atoms with Crippen LogP contribution in [0.25, 0.3) is 0 Å². The van der Waals surface area contributed by atoms with Gasteiger partial charge in [-0.3, -0.25) is 0 Å². The summed E-state index contributed by atoms with van der Waals surface area (Å²) in [4.78, 5) is 10.4. The zero-order chi connectivity index (χ0) is 18.4. The number of benzene rings is 1. The number of aliphatic imine (C=N–C) groups is 1. The standard InChI is InChI=1S/C19H27FN4S.HI/c1-6-21-18(22-11-17-24-13(2)14(3)25-17)23-12-19(4,5)15-8-7-9-16(20)10-15;/h7-10H,6,11-12H2,1-5H3,(H2,21,22,23);1H. The maximum absolute atomic E-state index is 13.5. The first-order valence-electron chi connectivity index (χ1n) is 8.53. The van der Waals surface area contributed by atoms with Crippen molar-refractivity contribution in [1.82, 2.24) is 15.6 Å². The molecule has 0 aliphatic heterocycles. The highest BCUT2D eigenvalue weighted by Crippen LogP contribution is 2.23. The Hall–Kier alpha value is -1.22. The van der Waals surface area contributed by atoms with Gasteiger partial charge >= 0.3 is 0 Å². The van der Waals surface area contributed by atoms with Crippen LogP contribution < -0.4 is 10.6 Å². The first-order valence-corrected chi connectivity index (χ1v) is 9.34. The maximum atomic E-state index is 13.5. The average Bonchev–Trinajstić information content (AvgIpc) is 2.88. The van der Waals surface area contributed by atoms with Gasteiger partial charge in [0.1, 0.15) is 10.8 Å². The molecule has 0 saturated carbocycles. The van der Waals surface area contributed by atoms with Crippen LogP contribution in [0.5, 0.6) is 0 Å². The molecular weight excluding hydrogens is 462 g/mol. The van der Waals surface area contributed by atoms with E-state index in [-0.39, 0.29) is 35.2 Å². The zero-order valence-electron chi connectivity index (χ0n) is 16.0. The van der Waals surface area contributed by atoms with E-state index in [0.717, 1.165) is 28.8 Å². The molecule has 2 aromatic rings. The number of nitrogens with zero attached hydrogens (tertiary/aromatic N) is 2. The van der Waals surface area contributed by atoms with E-state index in [1.54, 1.807) is 23.5 Å². The Morgan fingerprint density at radius 1 is 1.27 bits per heavy atom. The Bertz CT molecular complexity index is 723. The Kier molecular flexibility index (Phi) is 8.95. The molecule has 1 aromatic heterocycles. The molecule has 1 aromatic carbocycles. The fourth-order valence-corrected chi connectivity index (χ4v) is 3.27. The monoisotopic (exact) mass is 490 g/mol. The van der Waals surface area contributed by atoms with E-state index in [2.05, 4.69) is 41.4 Å². The second kappa shape index (κ2) is 10.2. The molecule has 0 spiro atoms. The van der Waals surface area contributed by atoms with Crippen LogP contribution in [-0.2, 0) is 12.0 Å². The van der Waals surface area contributed by atoms with Crippen LogP contribution in [0.4, 0.5) is 4.39 Å². The van der Waals surface area contributed by atoms with Gasteiger partial charge < -0.3 is 10.6 Å². The number of halogens is 2. The van der Waals surface area contributed by atoms with Gasteiger partial charge in [-0.2, -0.15) is 0 Å². The van der Waals surface area contributed by atoms with Crippen molar-refractivity contribution in [3.63, 3.8) is 0 Å². The highest BCUT2D eigenvalue weighted by atomic mass is 127. The van der Waals surface area contributed by atoms with Crippen LogP contribution in [-0.4, -0.2) is 24.0 Å². The lowest BCUT2D eigenvalue weighted by molar-refractivity contribution is 0.503. The zero-order valence-corrected chi connectivity index (χ0v) is 19.2. The average molecular weight is 490 g/mol. The molecular formula is C19H28FIN4S. The topological polar surface area (TPSA) is 49.3 Å². The van der Waals surface area contributed by atoms with Crippen molar-refractivity contribution in [2.45, 2.75) is 46.6 Å². The van der Waals surface area contributed by atoms with E-state index in [4.69, 9.17) is 0 Å². The second-order valence-electron chi connectivity index (χ2n) is 6.69. The normalized spacial score (nSPS) is 11.8. The smallest absolute Gasteiger partial charge is 0.191 e. The number of aromatic nitrogens is 1. The summed E-state index contributed by atoms with van der Waals surface area (Å²) in [7, 11) is 0. The predicted molar refractivity (Wildman–Crippen MR) is 119 cm³/mol. The summed E-state index contributed by atoms with van der Waals surface area (Å²) in [6.07, 6.45) is 0. The minimum absolute atomic E-state index is 0. The molecule has 0 fully saturated rings. The maximum Gasteiger partial charge on any atom is 0.191 e. The molecule has 0 aliphatic rings. The van der Waals surface area contributed by atoms with Gasteiger partial charge in [0.2, 0.25) is 0 Å². The van der Waals surface area contributed by atoms with Crippen LogP contribution in [0.3, 0.4) is 0 Å². The third kappa shape index (κ3) is 6.50. The highest BCUT2D eigenvalue weighted by Gasteiger charge is 2.21. The van der Waals surface area contributed by atoms with Crippen molar-refractivity contribution in [1.29, 1.82) is 0 Å². The molecule has 0 atom stereocenters. The van der Waals surface area contributed by atoms with Gasteiger partial charge in [0.15, 0.2) is 5.96 Å². The number of nitrogens with one attached hydrogen (secondary N) is 2. The summed E-state index contributed by atoms with van der Waals surface area (Å²) in [5.41, 5.74) is 1.81. The first kappa shape index (κ1) is 22.8. The van der Waals surface area contributed by atoms with E-state index >= 15 is 0 Å². The van der Waals surface area contributed by atoms with Gasteiger partial charge in [0.05, 0.1) is 12.2 Å². The van der Waals surface area contributed by atoms with Crippen LogP contribution in [0.15, 0.2) is 29.3 Å². The van der Waals surface area contributed by atoms with Gasteiger partial charge in [0, 0.05) is 23.4 Å². The quantitative estimate of drug-likeness (QED) is 0.355. The fourth-order valence-electron chi connectivity index (χ4n) is 2.41. The molecule has 144 valence electrons. The molecule has 2 rings (SSSR count). The molecule has 0 bridgehead atoms. The third-order valence-electron chi connectivity index (χ3n) is 4.09. The number of guanidine groups is 1. The Balaban J connectivity index is 0.00000338. The van der Waals surface area contributed by atoms with Crippen molar-refractivity contribution in [3.8, 4) is 0 Å². The van der Waals surface area contributed by atoms with Gasteiger partial charge in [-0.15, -0.1) is 35.3 Å². The predicted octanol–water partition coefficient (Wildman–Crippen LogP) is 4.55. The van der Waals surface area contributed by atoms with Crippen molar-refractivity contribution >= 4 is 41.3 Å². The minimum atomic E-state index is -0.216. The van der Waals surface area contributed by atoms with Crippen molar-refractivity contribution in [2.75, 3.05) is 13.1 Å². The number of rotatable bonds is 6. The van der Waals surface area contributed by atoms with Gasteiger partial charge in [0.25, 0.3) is 0 Å². The Morgan fingerprint density at radius 3 is 2.58 bits per heavy atom. The molecule has 2 N–H and O–H groups in total. The molecule has 0 saturated heterocycles. The molecule has 0 aliphatic carbocycles. The lowest BCUT2D eigenvalue weighted by Gasteiger charge is -2.26. The van der Waals surface area contributed by atoms with Crippen LogP contribution in [0, 0.1) is 19.7 Å².